The summed E-state index contributed by atoms with van der Waals surface area (Å²) in [4.78, 5) is 2.26. The Hall–Kier alpha value is -0.500. The van der Waals surface area contributed by atoms with Crippen molar-refractivity contribution in [3.05, 3.63) is 12.3 Å². The molecule has 2 aliphatic heterocycles. The van der Waals surface area contributed by atoms with Crippen molar-refractivity contribution in [1.82, 2.24) is 4.90 Å². The highest BCUT2D eigenvalue weighted by Gasteiger charge is 2.31. The molecular formula is C7H11NO. The van der Waals surface area contributed by atoms with Gasteiger partial charge in [-0.2, -0.15) is 0 Å². The Kier molecular flexibility index (Phi) is 1.02. The fourth-order valence-electron chi connectivity index (χ4n) is 1.56. The van der Waals surface area contributed by atoms with Gasteiger partial charge in [-0.05, 0) is 12.8 Å². The predicted molar refractivity (Wildman–Crippen MR) is 34.8 cm³/mol. The molecule has 0 aromatic carbocycles. The first-order chi connectivity index (χ1) is 4.38. The summed E-state index contributed by atoms with van der Waals surface area (Å²) in [6.07, 6.45) is 2.67. The van der Waals surface area contributed by atoms with Crippen LogP contribution in [-0.4, -0.2) is 24.3 Å². The summed E-state index contributed by atoms with van der Waals surface area (Å²) in [6.45, 7) is 5.89. The smallest absolute Gasteiger partial charge is 0.130 e. The summed E-state index contributed by atoms with van der Waals surface area (Å²) < 4.78 is 5.41. The molecule has 0 radical (unpaired) electrons. The molecule has 2 nitrogen and oxygen atoms in total. The monoisotopic (exact) mass is 125 g/mol. The Balaban J connectivity index is 2.15. The molecule has 0 amide bonds. The lowest BCUT2D eigenvalue weighted by Gasteiger charge is -2.15. The van der Waals surface area contributed by atoms with Crippen molar-refractivity contribution in [3.8, 4) is 0 Å². The Morgan fingerprint density at radius 3 is 3.33 bits per heavy atom. The van der Waals surface area contributed by atoms with Crippen molar-refractivity contribution in [2.45, 2.75) is 19.1 Å². The molecule has 0 aromatic heterocycles. The van der Waals surface area contributed by atoms with Gasteiger partial charge in [-0.15, -0.1) is 0 Å². The molecule has 0 N–H and O–H groups in total. The first kappa shape index (κ1) is 5.30. The van der Waals surface area contributed by atoms with Crippen LogP contribution in [0.15, 0.2) is 12.3 Å². The third-order valence-corrected chi connectivity index (χ3v) is 2.08. The first-order valence-corrected chi connectivity index (χ1v) is 3.44. The summed E-state index contributed by atoms with van der Waals surface area (Å²) in [5.74, 6) is 0. The van der Waals surface area contributed by atoms with E-state index in [9.17, 15) is 0 Å². The Morgan fingerprint density at radius 2 is 2.56 bits per heavy atom. The van der Waals surface area contributed by atoms with E-state index in [1.54, 1.807) is 0 Å². The predicted octanol–water partition coefficient (Wildman–Crippen LogP) is 0.952. The van der Waals surface area contributed by atoms with Gasteiger partial charge < -0.3 is 9.64 Å². The topological polar surface area (TPSA) is 12.5 Å². The standard InChI is InChI=1S/C7H11NO/c1-6-2-3-7-8(6)4-5-9-7/h7H,1-5H2. The van der Waals surface area contributed by atoms with E-state index in [-0.39, 0.29) is 0 Å². The second kappa shape index (κ2) is 1.74. The average molecular weight is 125 g/mol. The van der Waals surface area contributed by atoms with E-state index in [1.807, 2.05) is 0 Å². The molecule has 2 saturated heterocycles. The molecular weight excluding hydrogens is 114 g/mol. The molecule has 0 aliphatic carbocycles. The molecule has 1 atom stereocenters. The summed E-state index contributed by atoms with van der Waals surface area (Å²) in [5, 5.41) is 0. The van der Waals surface area contributed by atoms with Gasteiger partial charge in [0.15, 0.2) is 0 Å². The lowest BCUT2D eigenvalue weighted by Crippen LogP contribution is -2.20. The third-order valence-electron chi connectivity index (χ3n) is 2.08. The molecule has 2 aliphatic rings. The maximum Gasteiger partial charge on any atom is 0.130 e. The molecule has 0 spiro atoms. The van der Waals surface area contributed by atoms with E-state index < -0.39 is 0 Å². The Morgan fingerprint density at radius 1 is 1.67 bits per heavy atom. The number of rotatable bonds is 0. The zero-order valence-electron chi connectivity index (χ0n) is 5.47. The van der Waals surface area contributed by atoms with E-state index in [4.69, 9.17) is 4.74 Å². The largest absolute Gasteiger partial charge is 0.357 e. The lowest BCUT2D eigenvalue weighted by atomic mass is 10.3. The normalized spacial score (nSPS) is 33.6. The number of allylic oxidation sites excluding steroid dienone is 1. The van der Waals surface area contributed by atoms with Crippen molar-refractivity contribution in [2.24, 2.45) is 0 Å². The van der Waals surface area contributed by atoms with Gasteiger partial charge in [-0.3, -0.25) is 0 Å². The molecule has 0 bridgehead atoms. The number of hydrogen-bond acceptors (Lipinski definition) is 2. The minimum atomic E-state index is 0.387. The van der Waals surface area contributed by atoms with Gasteiger partial charge in [-0.1, -0.05) is 6.58 Å². The summed E-state index contributed by atoms with van der Waals surface area (Å²) >= 11 is 0. The molecule has 2 fully saturated rings. The van der Waals surface area contributed by atoms with Crippen LogP contribution in [0.25, 0.3) is 0 Å². The van der Waals surface area contributed by atoms with Gasteiger partial charge in [0, 0.05) is 12.2 Å². The molecule has 1 unspecified atom stereocenters. The van der Waals surface area contributed by atoms with E-state index >= 15 is 0 Å². The summed E-state index contributed by atoms with van der Waals surface area (Å²) in [5.41, 5.74) is 1.26. The van der Waals surface area contributed by atoms with E-state index in [0.717, 1.165) is 26.0 Å². The van der Waals surface area contributed by atoms with Crippen LogP contribution in [0.1, 0.15) is 12.8 Å². The maximum atomic E-state index is 5.41. The van der Waals surface area contributed by atoms with Crippen molar-refractivity contribution < 1.29 is 4.74 Å². The van der Waals surface area contributed by atoms with Gasteiger partial charge in [0.1, 0.15) is 6.23 Å². The minimum Gasteiger partial charge on any atom is -0.357 e. The summed E-state index contributed by atoms with van der Waals surface area (Å²) in [6, 6.07) is 0. The molecule has 2 rings (SSSR count). The van der Waals surface area contributed by atoms with Crippen LogP contribution in [-0.2, 0) is 4.74 Å². The minimum absolute atomic E-state index is 0.387. The van der Waals surface area contributed by atoms with E-state index in [1.165, 1.54) is 5.70 Å². The third kappa shape index (κ3) is 0.663. The van der Waals surface area contributed by atoms with Gasteiger partial charge in [0.2, 0.25) is 0 Å². The fourth-order valence-corrected chi connectivity index (χ4v) is 1.56. The molecule has 0 aromatic rings. The van der Waals surface area contributed by atoms with Crippen LogP contribution < -0.4 is 0 Å². The van der Waals surface area contributed by atoms with Crippen LogP contribution in [0.2, 0.25) is 0 Å². The molecule has 9 heavy (non-hydrogen) atoms. The van der Waals surface area contributed by atoms with Crippen molar-refractivity contribution in [2.75, 3.05) is 13.2 Å². The summed E-state index contributed by atoms with van der Waals surface area (Å²) in [7, 11) is 0. The van der Waals surface area contributed by atoms with Gasteiger partial charge >= 0.3 is 0 Å². The highest BCUT2D eigenvalue weighted by Crippen LogP contribution is 2.29. The number of hydrogen-bond donors (Lipinski definition) is 0. The van der Waals surface area contributed by atoms with Gasteiger partial charge in [0.05, 0.1) is 6.61 Å². The zero-order chi connectivity index (χ0) is 6.27. The highest BCUT2D eigenvalue weighted by molar-refractivity contribution is 5.03. The van der Waals surface area contributed by atoms with Crippen molar-refractivity contribution in [3.63, 3.8) is 0 Å². The second-order valence-corrected chi connectivity index (χ2v) is 2.62. The Labute approximate surface area is 55.1 Å². The zero-order valence-corrected chi connectivity index (χ0v) is 5.47. The van der Waals surface area contributed by atoms with Crippen molar-refractivity contribution >= 4 is 0 Å². The molecule has 2 heterocycles. The average Bonchev–Trinajstić information content (AvgIpc) is 2.35. The highest BCUT2D eigenvalue weighted by atomic mass is 16.5. The van der Waals surface area contributed by atoms with Crippen LogP contribution >= 0.6 is 0 Å². The molecule has 2 heteroatoms. The SMILES string of the molecule is C=C1CCC2OCCN12. The van der Waals surface area contributed by atoms with Crippen LogP contribution in [0.3, 0.4) is 0 Å². The lowest BCUT2D eigenvalue weighted by molar-refractivity contribution is 0.0666. The molecule has 50 valence electrons. The first-order valence-electron chi connectivity index (χ1n) is 3.44. The van der Waals surface area contributed by atoms with Gasteiger partial charge in [0.25, 0.3) is 0 Å². The van der Waals surface area contributed by atoms with Crippen LogP contribution in [0.4, 0.5) is 0 Å². The Bertz CT molecular complexity index is 144. The number of fused-ring (bicyclic) bond motifs is 1. The van der Waals surface area contributed by atoms with Crippen LogP contribution in [0.5, 0.6) is 0 Å². The maximum absolute atomic E-state index is 5.41. The van der Waals surface area contributed by atoms with Crippen LogP contribution in [0, 0.1) is 0 Å². The molecule has 0 saturated carbocycles. The quantitative estimate of drug-likeness (QED) is 0.478. The number of ether oxygens (including phenoxy) is 1. The fraction of sp³-hybridized carbons (Fsp3) is 0.714. The van der Waals surface area contributed by atoms with E-state index in [0.29, 0.717) is 6.23 Å². The van der Waals surface area contributed by atoms with Gasteiger partial charge in [-0.25, -0.2) is 0 Å². The van der Waals surface area contributed by atoms with Crippen molar-refractivity contribution in [1.29, 1.82) is 0 Å². The second-order valence-electron chi connectivity index (χ2n) is 2.62. The number of nitrogens with zero attached hydrogens (tertiary/aromatic N) is 1. The van der Waals surface area contributed by atoms with E-state index in [2.05, 4.69) is 11.5 Å².